The molecule has 12 heteroatoms. The van der Waals surface area contributed by atoms with Crippen LogP contribution in [0.25, 0.3) is 0 Å². The van der Waals surface area contributed by atoms with Crippen LogP contribution in [0.1, 0.15) is 36.2 Å². The average Bonchev–Trinajstić information content (AvgIpc) is 3.13. The Bertz CT molecular complexity index is 1810. The number of fused-ring (bicyclic) bond motifs is 1. The summed E-state index contributed by atoms with van der Waals surface area (Å²) in [6.07, 6.45) is -0.239. The van der Waals surface area contributed by atoms with E-state index in [1.165, 1.54) is 12.1 Å². The van der Waals surface area contributed by atoms with Crippen LogP contribution in [0.3, 0.4) is 0 Å². The maximum atomic E-state index is 14.8. The van der Waals surface area contributed by atoms with Gasteiger partial charge in [-0.3, -0.25) is 19.2 Å². The van der Waals surface area contributed by atoms with Crippen molar-refractivity contribution in [1.29, 1.82) is 0 Å². The molecule has 1 aliphatic heterocycles. The van der Waals surface area contributed by atoms with Gasteiger partial charge in [-0.15, -0.1) is 0 Å². The summed E-state index contributed by atoms with van der Waals surface area (Å²) < 4.78 is 32.3. The number of rotatable bonds is 10. The van der Waals surface area contributed by atoms with E-state index in [0.29, 0.717) is 12.3 Å². The summed E-state index contributed by atoms with van der Waals surface area (Å²) in [5.41, 5.74) is 1.00. The second-order valence-corrected chi connectivity index (χ2v) is 12.0. The molecule has 0 unspecified atom stereocenters. The van der Waals surface area contributed by atoms with Gasteiger partial charge in [0.15, 0.2) is 11.6 Å². The van der Waals surface area contributed by atoms with E-state index < -0.39 is 48.1 Å². The normalized spacial score (nSPS) is 17.5. The minimum Gasteiger partial charge on any atom is -0.491 e. The molecule has 1 heterocycles. The molecule has 0 bridgehead atoms. The van der Waals surface area contributed by atoms with Gasteiger partial charge in [0.05, 0.1) is 24.6 Å². The minimum absolute atomic E-state index is 0.0929. The molecular weight excluding hydrogens is 655 g/mol. The highest BCUT2D eigenvalue weighted by molar-refractivity contribution is 6.01. The molecule has 0 radical (unpaired) electrons. The Morgan fingerprint density at radius 2 is 1.65 bits per heavy atom. The first kappa shape index (κ1) is 36.4. The maximum absolute atomic E-state index is 14.8. The van der Waals surface area contributed by atoms with Crippen LogP contribution in [0, 0.1) is 5.82 Å². The number of hydrogen-bond acceptors (Lipinski definition) is 7. The predicted molar refractivity (Wildman–Crippen MR) is 188 cm³/mol. The Morgan fingerprint density at radius 1 is 0.941 bits per heavy atom. The standard InChI is InChI=1S/C39H41FN4O7/c1-3-44-21-22-49-33-19-11-10-17-29(33)37(46)43-31(24-35(45)42-32(39(44)48)23-27-13-6-4-7-14-27)38(47)41-26(2)25-50-34-20-12-18-30(40)36(34)51-28-15-8-5-9-16-28/h4-20,26,31-32H,3,21-25H2,1-2H3,(H,41,47)(H,42,45)(H,43,46)/t26-,31+,32-/m1/s1. The van der Waals surface area contributed by atoms with Gasteiger partial charge in [-0.2, -0.15) is 0 Å². The molecule has 4 amide bonds. The van der Waals surface area contributed by atoms with E-state index in [1.807, 2.05) is 43.3 Å². The fraction of sp³-hybridized carbons (Fsp3) is 0.282. The molecule has 0 saturated carbocycles. The molecule has 1 aliphatic rings. The van der Waals surface area contributed by atoms with Gasteiger partial charge in [0.1, 0.15) is 36.8 Å². The zero-order valence-corrected chi connectivity index (χ0v) is 28.5. The number of ether oxygens (including phenoxy) is 3. The molecular formula is C39H41FN4O7. The van der Waals surface area contributed by atoms with Gasteiger partial charge >= 0.3 is 0 Å². The Hall–Kier alpha value is -5.91. The number of para-hydroxylation sites is 3. The van der Waals surface area contributed by atoms with Crippen molar-refractivity contribution in [2.45, 2.75) is 44.8 Å². The summed E-state index contributed by atoms with van der Waals surface area (Å²) in [6.45, 7) is 4.10. The lowest BCUT2D eigenvalue weighted by molar-refractivity contribution is -0.137. The number of carbonyl (C=O) groups excluding carboxylic acids is 4. The Labute approximate surface area is 296 Å². The summed E-state index contributed by atoms with van der Waals surface area (Å²) in [7, 11) is 0. The lowest BCUT2D eigenvalue weighted by Gasteiger charge is -2.28. The van der Waals surface area contributed by atoms with Gasteiger partial charge in [-0.05, 0) is 55.8 Å². The SMILES string of the molecule is CCN1CCOc2ccccc2C(=O)N[C@H](C(=O)N[C@H](C)COc2cccc(F)c2Oc2ccccc2)CC(=O)N[C@H](Cc2ccccc2)C1=O. The van der Waals surface area contributed by atoms with Gasteiger partial charge in [0.2, 0.25) is 23.5 Å². The number of carbonyl (C=O) groups is 4. The van der Waals surface area contributed by atoms with E-state index in [9.17, 15) is 23.6 Å². The zero-order valence-electron chi connectivity index (χ0n) is 28.5. The summed E-state index contributed by atoms with van der Waals surface area (Å²) >= 11 is 0. The third-order valence-electron chi connectivity index (χ3n) is 8.14. The van der Waals surface area contributed by atoms with E-state index in [4.69, 9.17) is 14.2 Å². The van der Waals surface area contributed by atoms with Crippen molar-refractivity contribution in [2.75, 3.05) is 26.3 Å². The largest absolute Gasteiger partial charge is 0.491 e. The van der Waals surface area contributed by atoms with Gasteiger partial charge in [-0.1, -0.05) is 66.7 Å². The molecule has 5 rings (SSSR count). The van der Waals surface area contributed by atoms with Gasteiger partial charge in [-0.25, -0.2) is 4.39 Å². The van der Waals surface area contributed by atoms with Crippen LogP contribution in [0.2, 0.25) is 0 Å². The molecule has 0 fully saturated rings. The number of amides is 4. The van der Waals surface area contributed by atoms with Crippen molar-refractivity contribution in [3.8, 4) is 23.0 Å². The van der Waals surface area contributed by atoms with Crippen molar-refractivity contribution in [2.24, 2.45) is 0 Å². The number of nitrogens with zero attached hydrogens (tertiary/aromatic N) is 1. The van der Waals surface area contributed by atoms with Crippen LogP contribution in [0.15, 0.2) is 103 Å². The fourth-order valence-electron chi connectivity index (χ4n) is 5.53. The molecule has 4 aromatic carbocycles. The zero-order chi connectivity index (χ0) is 36.2. The highest BCUT2D eigenvalue weighted by Crippen LogP contribution is 2.34. The second-order valence-electron chi connectivity index (χ2n) is 12.0. The van der Waals surface area contributed by atoms with Crippen molar-refractivity contribution in [3.63, 3.8) is 0 Å². The molecule has 3 atom stereocenters. The molecule has 4 aromatic rings. The molecule has 11 nitrogen and oxygen atoms in total. The van der Waals surface area contributed by atoms with Gasteiger partial charge < -0.3 is 35.1 Å². The van der Waals surface area contributed by atoms with Gasteiger partial charge in [0.25, 0.3) is 5.91 Å². The molecule has 0 saturated heterocycles. The number of benzene rings is 4. The predicted octanol–water partition coefficient (Wildman–Crippen LogP) is 4.66. The van der Waals surface area contributed by atoms with Crippen molar-refractivity contribution in [1.82, 2.24) is 20.9 Å². The first-order valence-electron chi connectivity index (χ1n) is 16.8. The van der Waals surface area contributed by atoms with Crippen LogP contribution in [0.5, 0.6) is 23.0 Å². The highest BCUT2D eigenvalue weighted by atomic mass is 19.1. The van der Waals surface area contributed by atoms with E-state index in [-0.39, 0.29) is 54.9 Å². The quantitative estimate of drug-likeness (QED) is 0.220. The van der Waals surface area contributed by atoms with Crippen molar-refractivity contribution in [3.05, 3.63) is 120 Å². The van der Waals surface area contributed by atoms with Crippen LogP contribution in [0.4, 0.5) is 4.39 Å². The Kier molecular flexibility index (Phi) is 12.6. The number of halogens is 1. The van der Waals surface area contributed by atoms with Crippen LogP contribution >= 0.6 is 0 Å². The molecule has 0 spiro atoms. The van der Waals surface area contributed by atoms with E-state index in [0.717, 1.165) is 5.56 Å². The first-order chi connectivity index (χ1) is 24.7. The monoisotopic (exact) mass is 696 g/mol. The summed E-state index contributed by atoms with van der Waals surface area (Å²) in [4.78, 5) is 56.2. The topological polar surface area (TPSA) is 135 Å². The number of hydrogen-bond donors (Lipinski definition) is 3. The first-order valence-corrected chi connectivity index (χ1v) is 16.8. The molecule has 3 N–H and O–H groups in total. The fourth-order valence-corrected chi connectivity index (χ4v) is 5.53. The summed E-state index contributed by atoms with van der Waals surface area (Å²) in [6, 6.07) is 25.9. The molecule has 51 heavy (non-hydrogen) atoms. The lowest BCUT2D eigenvalue weighted by atomic mass is 10.0. The van der Waals surface area contributed by atoms with Crippen molar-refractivity contribution >= 4 is 23.6 Å². The molecule has 0 aromatic heterocycles. The van der Waals surface area contributed by atoms with Crippen LogP contribution in [-0.4, -0.2) is 73.0 Å². The molecule has 0 aliphatic carbocycles. The second kappa shape index (κ2) is 17.7. The summed E-state index contributed by atoms with van der Waals surface area (Å²) in [5.74, 6) is -2.12. The third kappa shape index (κ3) is 10.1. The Morgan fingerprint density at radius 3 is 2.39 bits per heavy atom. The summed E-state index contributed by atoms with van der Waals surface area (Å²) in [5, 5.41) is 8.27. The van der Waals surface area contributed by atoms with E-state index in [1.54, 1.807) is 66.4 Å². The highest BCUT2D eigenvalue weighted by Gasteiger charge is 2.31. The van der Waals surface area contributed by atoms with Crippen LogP contribution in [-0.2, 0) is 20.8 Å². The molecule has 266 valence electrons. The maximum Gasteiger partial charge on any atom is 0.255 e. The average molecular weight is 697 g/mol. The lowest BCUT2D eigenvalue weighted by Crippen LogP contribution is -2.54. The van der Waals surface area contributed by atoms with Crippen molar-refractivity contribution < 1.29 is 37.8 Å². The van der Waals surface area contributed by atoms with E-state index in [2.05, 4.69) is 16.0 Å². The van der Waals surface area contributed by atoms with Crippen LogP contribution < -0.4 is 30.2 Å². The number of nitrogens with one attached hydrogen (secondary N) is 3. The smallest absolute Gasteiger partial charge is 0.255 e. The third-order valence-corrected chi connectivity index (χ3v) is 8.14. The van der Waals surface area contributed by atoms with Gasteiger partial charge in [0, 0.05) is 13.0 Å². The minimum atomic E-state index is -1.34. The number of likely N-dealkylation sites (N-methyl/N-ethyl adjacent to an activating group) is 1. The van der Waals surface area contributed by atoms with E-state index >= 15 is 0 Å². The Balaban J connectivity index is 1.34.